The number of anilines is 1. The van der Waals surface area contributed by atoms with Crippen molar-refractivity contribution in [2.75, 3.05) is 5.73 Å². The lowest BCUT2D eigenvalue weighted by molar-refractivity contribution is 0.195. The number of aliphatic hydroxyl groups excluding tert-OH is 1. The molecular formula is C11H13N5O. The van der Waals surface area contributed by atoms with Gasteiger partial charge in [0, 0.05) is 0 Å². The summed E-state index contributed by atoms with van der Waals surface area (Å²) < 4.78 is 1.97. The molecular weight excluding hydrogens is 218 g/mol. The van der Waals surface area contributed by atoms with Crippen molar-refractivity contribution in [3.63, 3.8) is 0 Å². The van der Waals surface area contributed by atoms with Gasteiger partial charge in [-0.05, 0) is 12.8 Å². The topological polar surface area (TPSA) is 89.9 Å². The highest BCUT2D eigenvalue weighted by molar-refractivity contribution is 5.81. The van der Waals surface area contributed by atoms with Crippen LogP contribution in [0.1, 0.15) is 18.9 Å². The van der Waals surface area contributed by atoms with Gasteiger partial charge in [-0.3, -0.25) is 0 Å². The normalized spacial score (nSPS) is 24.3. The highest BCUT2D eigenvalue weighted by Gasteiger charge is 2.18. The van der Waals surface area contributed by atoms with Crippen LogP contribution in [0.25, 0.3) is 11.2 Å². The minimum Gasteiger partial charge on any atom is -0.389 e. The van der Waals surface area contributed by atoms with Crippen LogP contribution in [0.5, 0.6) is 0 Å². The average Bonchev–Trinajstić information content (AvgIpc) is 2.75. The minimum absolute atomic E-state index is 0.178. The Bertz CT molecular complexity index is 576. The van der Waals surface area contributed by atoms with E-state index in [0.717, 1.165) is 18.5 Å². The summed E-state index contributed by atoms with van der Waals surface area (Å²) in [6.07, 6.45) is 8.24. The van der Waals surface area contributed by atoms with Gasteiger partial charge in [-0.15, -0.1) is 0 Å². The first kappa shape index (κ1) is 10.2. The Kier molecular flexibility index (Phi) is 2.29. The summed E-state index contributed by atoms with van der Waals surface area (Å²) in [6.45, 7) is 0. The second kappa shape index (κ2) is 3.81. The highest BCUT2D eigenvalue weighted by atomic mass is 16.3. The lowest BCUT2D eigenvalue weighted by Crippen LogP contribution is -2.15. The second-order valence-corrected chi connectivity index (χ2v) is 4.18. The van der Waals surface area contributed by atoms with Crippen LogP contribution < -0.4 is 5.73 Å². The molecule has 6 heteroatoms. The van der Waals surface area contributed by atoms with Crippen LogP contribution in [0.15, 0.2) is 24.8 Å². The van der Waals surface area contributed by atoms with Crippen LogP contribution in [0.4, 0.5) is 5.82 Å². The van der Waals surface area contributed by atoms with Crippen molar-refractivity contribution in [3.8, 4) is 0 Å². The van der Waals surface area contributed by atoms with Crippen molar-refractivity contribution in [2.24, 2.45) is 0 Å². The van der Waals surface area contributed by atoms with E-state index in [-0.39, 0.29) is 12.1 Å². The molecule has 2 aromatic heterocycles. The van der Waals surface area contributed by atoms with Gasteiger partial charge >= 0.3 is 0 Å². The summed E-state index contributed by atoms with van der Waals surface area (Å²) in [5.41, 5.74) is 7.11. The molecule has 0 unspecified atom stereocenters. The molecule has 3 N–H and O–H groups in total. The fraction of sp³-hybridized carbons (Fsp3) is 0.364. The zero-order valence-corrected chi connectivity index (χ0v) is 9.19. The molecule has 0 aromatic carbocycles. The summed E-state index contributed by atoms with van der Waals surface area (Å²) in [5, 5.41) is 9.42. The van der Waals surface area contributed by atoms with Crippen LogP contribution in [0.3, 0.4) is 0 Å². The third kappa shape index (κ3) is 1.66. The Balaban J connectivity index is 2.07. The molecule has 17 heavy (non-hydrogen) atoms. The molecule has 0 saturated heterocycles. The zero-order chi connectivity index (χ0) is 11.8. The first-order valence-corrected chi connectivity index (χ1v) is 5.55. The Morgan fingerprint density at radius 2 is 2.12 bits per heavy atom. The van der Waals surface area contributed by atoms with Gasteiger partial charge in [0.25, 0.3) is 0 Å². The van der Waals surface area contributed by atoms with Gasteiger partial charge in [0.1, 0.15) is 11.8 Å². The third-order valence-corrected chi connectivity index (χ3v) is 3.06. The average molecular weight is 231 g/mol. The van der Waals surface area contributed by atoms with E-state index in [9.17, 15) is 5.11 Å². The zero-order valence-electron chi connectivity index (χ0n) is 9.19. The third-order valence-electron chi connectivity index (χ3n) is 3.06. The molecule has 2 atom stereocenters. The van der Waals surface area contributed by atoms with Gasteiger partial charge in [0.05, 0.1) is 18.5 Å². The molecule has 6 nitrogen and oxygen atoms in total. The highest BCUT2D eigenvalue weighted by Crippen LogP contribution is 2.26. The largest absolute Gasteiger partial charge is 0.389 e. The Labute approximate surface area is 97.8 Å². The van der Waals surface area contributed by atoms with E-state index in [1.807, 2.05) is 16.7 Å². The summed E-state index contributed by atoms with van der Waals surface area (Å²) >= 11 is 0. The molecule has 1 aliphatic rings. The summed E-state index contributed by atoms with van der Waals surface area (Å²) in [4.78, 5) is 12.3. The number of allylic oxidation sites excluding steroid dienone is 1. The number of nitrogens with two attached hydrogens (primary N) is 1. The molecule has 0 amide bonds. The minimum atomic E-state index is -0.333. The van der Waals surface area contributed by atoms with E-state index in [2.05, 4.69) is 15.0 Å². The van der Waals surface area contributed by atoms with Crippen LogP contribution in [-0.4, -0.2) is 30.7 Å². The van der Waals surface area contributed by atoms with Crippen molar-refractivity contribution in [2.45, 2.75) is 25.0 Å². The number of aliphatic hydroxyl groups is 1. The maximum Gasteiger partial charge on any atom is 0.165 e. The molecule has 3 rings (SSSR count). The number of rotatable bonds is 1. The van der Waals surface area contributed by atoms with E-state index < -0.39 is 0 Å². The molecule has 0 bridgehead atoms. The smallest absolute Gasteiger partial charge is 0.165 e. The van der Waals surface area contributed by atoms with Gasteiger partial charge in [-0.25, -0.2) is 15.0 Å². The van der Waals surface area contributed by atoms with Crippen LogP contribution in [0, 0.1) is 0 Å². The first-order chi connectivity index (χ1) is 8.25. The van der Waals surface area contributed by atoms with Crippen LogP contribution in [0.2, 0.25) is 0 Å². The number of aromatic nitrogens is 4. The molecule has 2 heterocycles. The fourth-order valence-electron chi connectivity index (χ4n) is 2.14. The lowest BCUT2D eigenvalue weighted by Gasteiger charge is -2.20. The van der Waals surface area contributed by atoms with Crippen molar-refractivity contribution in [3.05, 3.63) is 24.8 Å². The van der Waals surface area contributed by atoms with Crippen LogP contribution in [-0.2, 0) is 0 Å². The standard InChI is InChI=1S/C11H13N5O/c12-10-9-11(14-5-13-10)16(6-15-9)7-1-3-8(17)4-2-7/h1,3,5-8,17H,2,4H2,(H2,12,13,14)/t7-,8+/m0/s1. The molecule has 88 valence electrons. The summed E-state index contributed by atoms with van der Waals surface area (Å²) in [6, 6.07) is 0.178. The number of hydrogen-bond donors (Lipinski definition) is 2. The van der Waals surface area contributed by atoms with E-state index in [4.69, 9.17) is 5.73 Å². The van der Waals surface area contributed by atoms with Gasteiger partial charge in [-0.1, -0.05) is 12.2 Å². The van der Waals surface area contributed by atoms with Crippen molar-refractivity contribution in [1.29, 1.82) is 0 Å². The van der Waals surface area contributed by atoms with E-state index >= 15 is 0 Å². The molecule has 0 radical (unpaired) electrons. The van der Waals surface area contributed by atoms with Crippen molar-refractivity contribution < 1.29 is 5.11 Å². The molecule has 2 aromatic rings. The number of nitrogens with zero attached hydrogens (tertiary/aromatic N) is 4. The number of hydrogen-bond acceptors (Lipinski definition) is 5. The van der Waals surface area contributed by atoms with Crippen molar-refractivity contribution in [1.82, 2.24) is 19.5 Å². The van der Waals surface area contributed by atoms with Gasteiger partial charge < -0.3 is 15.4 Å². The van der Waals surface area contributed by atoms with Gasteiger partial charge in [0.15, 0.2) is 11.5 Å². The molecule has 0 aliphatic heterocycles. The predicted molar refractivity (Wildman–Crippen MR) is 63.2 cm³/mol. The molecule has 1 aliphatic carbocycles. The quantitative estimate of drug-likeness (QED) is 0.704. The lowest BCUT2D eigenvalue weighted by atomic mass is 10.0. The number of nitrogen functional groups attached to an aromatic ring is 1. The molecule has 0 saturated carbocycles. The monoisotopic (exact) mass is 231 g/mol. The fourth-order valence-corrected chi connectivity index (χ4v) is 2.14. The maximum absolute atomic E-state index is 9.42. The summed E-state index contributed by atoms with van der Waals surface area (Å²) in [7, 11) is 0. The number of fused-ring (bicyclic) bond motifs is 1. The first-order valence-electron chi connectivity index (χ1n) is 5.55. The van der Waals surface area contributed by atoms with Gasteiger partial charge in [0.2, 0.25) is 0 Å². The predicted octanol–water partition coefficient (Wildman–Crippen LogP) is 0.660. The van der Waals surface area contributed by atoms with Gasteiger partial charge in [-0.2, -0.15) is 0 Å². The van der Waals surface area contributed by atoms with E-state index in [0.29, 0.717) is 11.3 Å². The van der Waals surface area contributed by atoms with Crippen LogP contribution >= 0.6 is 0 Å². The Morgan fingerprint density at radius 3 is 2.88 bits per heavy atom. The maximum atomic E-state index is 9.42. The Morgan fingerprint density at radius 1 is 1.24 bits per heavy atom. The SMILES string of the molecule is Nc1ncnc2c1ncn2[C@H]1C=C[C@@H](O)CC1. The molecule has 0 fully saturated rings. The Hall–Kier alpha value is -1.95. The van der Waals surface area contributed by atoms with E-state index in [1.165, 1.54) is 6.33 Å². The van der Waals surface area contributed by atoms with E-state index in [1.54, 1.807) is 6.33 Å². The summed E-state index contributed by atoms with van der Waals surface area (Å²) in [5.74, 6) is 0.397. The number of imidazole rings is 1. The van der Waals surface area contributed by atoms with Crippen molar-refractivity contribution >= 4 is 17.0 Å². The second-order valence-electron chi connectivity index (χ2n) is 4.18. The molecule has 0 spiro atoms.